The molecule has 7 aliphatic rings. The van der Waals surface area contributed by atoms with Gasteiger partial charge in [-0.2, -0.15) is 0 Å². The summed E-state index contributed by atoms with van der Waals surface area (Å²) in [6, 6.07) is -0.482. The molecule has 0 aromatic carbocycles. The predicted molar refractivity (Wildman–Crippen MR) is 180 cm³/mol. The topological polar surface area (TPSA) is 165 Å². The maximum absolute atomic E-state index is 13.2. The van der Waals surface area contributed by atoms with Gasteiger partial charge in [0.15, 0.2) is 12.6 Å². The fourth-order valence-electron chi connectivity index (χ4n) is 12.7. The minimum atomic E-state index is -1.37. The van der Waals surface area contributed by atoms with Crippen LogP contribution in [0, 0.1) is 34.0 Å². The van der Waals surface area contributed by atoms with Crippen LogP contribution in [-0.2, 0) is 33.2 Å². The molecule has 6 fully saturated rings. The molecule has 0 aromatic rings. The van der Waals surface area contributed by atoms with Crippen LogP contribution < -0.4 is 5.32 Å². The molecule has 12 heteroatoms. The molecule has 50 heavy (non-hydrogen) atoms. The number of ether oxygens (including phenoxy) is 6. The number of aliphatic hydroxyl groups is 4. The second-order valence-corrected chi connectivity index (χ2v) is 17.5. The van der Waals surface area contributed by atoms with E-state index in [0.717, 1.165) is 38.5 Å². The Hall–Kier alpha value is -1.19. The van der Waals surface area contributed by atoms with Crippen molar-refractivity contribution in [3.05, 3.63) is 11.6 Å². The van der Waals surface area contributed by atoms with Crippen molar-refractivity contribution in [2.75, 3.05) is 14.2 Å². The van der Waals surface area contributed by atoms with Crippen molar-refractivity contribution in [1.82, 2.24) is 5.32 Å². The monoisotopic (exact) mass is 707 g/mol. The van der Waals surface area contributed by atoms with Gasteiger partial charge >= 0.3 is 0 Å². The highest BCUT2D eigenvalue weighted by molar-refractivity contribution is 5.81. The molecule has 3 saturated carbocycles. The van der Waals surface area contributed by atoms with Crippen LogP contribution >= 0.6 is 0 Å². The highest BCUT2D eigenvalue weighted by Crippen LogP contribution is 2.74. The second kappa shape index (κ2) is 13.0. The SMILES string of the molecule is CO[C@H]1[C@H](O)[C@@H](O[C@H]2[C@H](C)O[C@H](O[C@H](C)[C@]3(O)[C@H]4NC(=O)C[C@@]4(C)[C@@H]4[C@H]5CC=C6C[C@@H](O)CC[C@]6(C)[C@H]5CC[C@@]43C)C[C@H]2OC)O[C@@H](C)[C@@H]1O. The molecule has 0 aromatic heterocycles. The van der Waals surface area contributed by atoms with Crippen molar-refractivity contribution >= 4 is 5.91 Å². The number of fused-ring (bicyclic) bond motifs is 7. The van der Waals surface area contributed by atoms with Gasteiger partial charge in [-0.3, -0.25) is 4.79 Å². The van der Waals surface area contributed by atoms with Crippen LogP contribution in [0.1, 0.15) is 92.9 Å². The van der Waals surface area contributed by atoms with Crippen molar-refractivity contribution in [3.63, 3.8) is 0 Å². The summed E-state index contributed by atoms with van der Waals surface area (Å²) in [6.07, 6.45) is 0.152. The molecule has 0 bridgehead atoms. The molecule has 5 N–H and O–H groups in total. The van der Waals surface area contributed by atoms with Crippen LogP contribution in [0.4, 0.5) is 0 Å². The Balaban J connectivity index is 1.11. The van der Waals surface area contributed by atoms with Gasteiger partial charge in [-0.1, -0.05) is 32.4 Å². The molecule has 7 rings (SSSR count). The molecule has 4 aliphatic carbocycles. The first kappa shape index (κ1) is 37.1. The maximum atomic E-state index is 13.2. The number of carbonyl (C=O) groups excluding carboxylic acids is 1. The number of carbonyl (C=O) groups is 1. The zero-order chi connectivity index (χ0) is 36.1. The zero-order valence-electron chi connectivity index (χ0n) is 31.0. The lowest BCUT2D eigenvalue weighted by molar-refractivity contribution is -0.346. The van der Waals surface area contributed by atoms with Crippen molar-refractivity contribution in [2.24, 2.45) is 34.0 Å². The molecular formula is C38H61NO11. The van der Waals surface area contributed by atoms with E-state index in [-0.39, 0.29) is 23.3 Å². The summed E-state index contributed by atoms with van der Waals surface area (Å²) in [7, 11) is 3.02. The van der Waals surface area contributed by atoms with Gasteiger partial charge < -0.3 is 54.2 Å². The minimum absolute atomic E-state index is 0.0229. The first-order chi connectivity index (χ1) is 23.5. The molecule has 19 atom stereocenters. The largest absolute Gasteiger partial charge is 0.393 e. The maximum Gasteiger partial charge on any atom is 0.220 e. The van der Waals surface area contributed by atoms with E-state index in [4.69, 9.17) is 28.4 Å². The van der Waals surface area contributed by atoms with Gasteiger partial charge in [0.1, 0.15) is 30.0 Å². The number of amides is 1. The van der Waals surface area contributed by atoms with Gasteiger partial charge in [-0.05, 0) is 82.5 Å². The average Bonchev–Trinajstić information content (AvgIpc) is 3.45. The molecule has 0 spiro atoms. The smallest absolute Gasteiger partial charge is 0.220 e. The van der Waals surface area contributed by atoms with E-state index in [0.29, 0.717) is 24.7 Å². The Kier molecular flexibility index (Phi) is 9.65. The van der Waals surface area contributed by atoms with Gasteiger partial charge in [0.05, 0.1) is 36.6 Å². The summed E-state index contributed by atoms with van der Waals surface area (Å²) < 4.78 is 36.5. The van der Waals surface area contributed by atoms with Crippen LogP contribution in [0.2, 0.25) is 0 Å². The molecule has 12 nitrogen and oxygen atoms in total. The van der Waals surface area contributed by atoms with Crippen LogP contribution in [0.15, 0.2) is 11.6 Å². The van der Waals surface area contributed by atoms with Gasteiger partial charge in [0.2, 0.25) is 5.91 Å². The molecule has 1 amide bonds. The van der Waals surface area contributed by atoms with Crippen molar-refractivity contribution in [2.45, 2.75) is 172 Å². The number of allylic oxidation sites excluding steroid dienone is 1. The number of aliphatic hydroxyl groups excluding tert-OH is 3. The molecule has 0 radical (unpaired) electrons. The molecule has 3 aliphatic heterocycles. The molecular weight excluding hydrogens is 646 g/mol. The number of hydrogen-bond donors (Lipinski definition) is 5. The fourth-order valence-corrected chi connectivity index (χ4v) is 12.7. The highest BCUT2D eigenvalue weighted by atomic mass is 16.7. The Morgan fingerprint density at radius 2 is 1.72 bits per heavy atom. The minimum Gasteiger partial charge on any atom is -0.393 e. The van der Waals surface area contributed by atoms with Crippen molar-refractivity contribution in [3.8, 4) is 0 Å². The van der Waals surface area contributed by atoms with E-state index in [2.05, 4.69) is 32.2 Å². The Bertz CT molecular complexity index is 1330. The normalized spacial score (nSPS) is 55.3. The summed E-state index contributed by atoms with van der Waals surface area (Å²) in [5.41, 5.74) is -0.947. The molecule has 3 saturated heterocycles. The quantitative estimate of drug-likeness (QED) is 0.247. The lowest BCUT2D eigenvalue weighted by atomic mass is 9.44. The fraction of sp³-hybridized carbons (Fsp3) is 0.921. The van der Waals surface area contributed by atoms with Crippen molar-refractivity contribution < 1.29 is 53.6 Å². The van der Waals surface area contributed by atoms with Crippen LogP contribution in [0.25, 0.3) is 0 Å². The highest BCUT2D eigenvalue weighted by Gasteiger charge is 2.78. The number of methoxy groups -OCH3 is 2. The van der Waals surface area contributed by atoms with E-state index in [1.165, 1.54) is 12.7 Å². The van der Waals surface area contributed by atoms with Crippen LogP contribution in [-0.4, -0.2) is 120 Å². The lowest BCUT2D eigenvalue weighted by Gasteiger charge is -2.61. The first-order valence-electron chi connectivity index (χ1n) is 19.0. The third-order valence-electron chi connectivity index (χ3n) is 15.1. The molecule has 3 heterocycles. The number of rotatable bonds is 7. The summed E-state index contributed by atoms with van der Waals surface area (Å²) in [5, 5.41) is 48.3. The van der Waals surface area contributed by atoms with Crippen LogP contribution in [0.5, 0.6) is 0 Å². The van der Waals surface area contributed by atoms with Gasteiger partial charge in [-0.25, -0.2) is 0 Å². The Labute approximate surface area is 296 Å². The van der Waals surface area contributed by atoms with E-state index in [1.54, 1.807) is 14.0 Å². The number of hydrogen-bond acceptors (Lipinski definition) is 11. The summed E-state index contributed by atoms with van der Waals surface area (Å²) in [5.74, 6) is 0.793. The zero-order valence-corrected chi connectivity index (χ0v) is 31.0. The standard InChI is InChI=1S/C38H61NO11/c1-18-28(42)31(46-8)29(43)33(48-18)50-30-19(2)47-27(16-25(30)45-7)49-20(3)38(44)34-36(5,17-26(41)39-34)32-23-10-9-21-15-22(40)11-13-35(21,4)24(23)12-14-37(32,38)6/h9,18-20,22-25,27-34,40,42-44H,10-17H2,1-8H3,(H,39,41)/t18-,19-,20+,22-,23-,24-,25+,27+,28-,29-,30-,31+,32-,33+,34-,35-,36-,37-,38-/m0/s1. The lowest BCUT2D eigenvalue weighted by Crippen LogP contribution is -2.65. The third kappa shape index (κ3) is 5.33. The van der Waals surface area contributed by atoms with Crippen LogP contribution in [0.3, 0.4) is 0 Å². The van der Waals surface area contributed by atoms with E-state index < -0.39 is 83.9 Å². The predicted octanol–water partition coefficient (Wildman–Crippen LogP) is 2.58. The molecule has 284 valence electrons. The Morgan fingerprint density at radius 3 is 2.42 bits per heavy atom. The second-order valence-electron chi connectivity index (χ2n) is 17.5. The Morgan fingerprint density at radius 1 is 0.980 bits per heavy atom. The van der Waals surface area contributed by atoms with Gasteiger partial charge in [-0.15, -0.1) is 0 Å². The third-order valence-corrected chi connectivity index (χ3v) is 15.1. The molecule has 0 unspecified atom stereocenters. The summed E-state index contributed by atoms with van der Waals surface area (Å²) in [4.78, 5) is 13.2. The van der Waals surface area contributed by atoms with E-state index in [9.17, 15) is 25.2 Å². The number of nitrogens with one attached hydrogen (secondary N) is 1. The van der Waals surface area contributed by atoms with E-state index in [1.807, 2.05) is 13.8 Å². The van der Waals surface area contributed by atoms with Gasteiger partial charge in [0, 0.05) is 37.9 Å². The van der Waals surface area contributed by atoms with Gasteiger partial charge in [0.25, 0.3) is 0 Å². The van der Waals surface area contributed by atoms with E-state index >= 15 is 0 Å². The average molecular weight is 708 g/mol. The summed E-state index contributed by atoms with van der Waals surface area (Å²) in [6.45, 7) is 12.3. The first-order valence-corrected chi connectivity index (χ1v) is 19.0. The summed E-state index contributed by atoms with van der Waals surface area (Å²) >= 11 is 0. The van der Waals surface area contributed by atoms with Crippen molar-refractivity contribution in [1.29, 1.82) is 0 Å².